The number of nitrogens with one attached hydrogen (secondary N) is 1. The molecule has 1 aliphatic carbocycles. The van der Waals surface area contributed by atoms with Crippen LogP contribution in [0.4, 0.5) is 29.2 Å². The lowest BCUT2D eigenvalue weighted by molar-refractivity contribution is -0.137. The van der Waals surface area contributed by atoms with Crippen molar-refractivity contribution in [2.45, 2.75) is 76.2 Å². The molecule has 3 aromatic rings. The van der Waals surface area contributed by atoms with Crippen molar-refractivity contribution in [1.29, 1.82) is 0 Å². The van der Waals surface area contributed by atoms with Crippen molar-refractivity contribution in [3.63, 3.8) is 0 Å². The Bertz CT molecular complexity index is 1610. The van der Waals surface area contributed by atoms with Crippen LogP contribution in [0.25, 0.3) is 22.2 Å². The highest BCUT2D eigenvalue weighted by molar-refractivity contribution is 6.34. The van der Waals surface area contributed by atoms with E-state index in [9.17, 15) is 13.2 Å². The molecular formula is C31H36ClF4N7O. The van der Waals surface area contributed by atoms with E-state index in [1.807, 2.05) is 0 Å². The van der Waals surface area contributed by atoms with Crippen molar-refractivity contribution < 1.29 is 22.3 Å². The number of halogens is 5. The molecule has 3 saturated heterocycles. The number of hydrogen-bond donors (Lipinski definition) is 2. The number of likely N-dealkylation sites (tertiary alicyclic amines) is 1. The smallest absolute Gasteiger partial charge is 0.418 e. The molecule has 1 aromatic carbocycles. The number of aryl methyl sites for hydroxylation is 1. The minimum Gasteiger partial charge on any atom is -0.463 e. The lowest BCUT2D eigenvalue weighted by atomic mass is 9.76. The third kappa shape index (κ3) is 5.02. The first-order valence-corrected chi connectivity index (χ1v) is 15.7. The van der Waals surface area contributed by atoms with E-state index in [4.69, 9.17) is 27.1 Å². The summed E-state index contributed by atoms with van der Waals surface area (Å²) in [6.07, 6.45) is 2.54. The van der Waals surface area contributed by atoms with E-state index >= 15 is 4.39 Å². The normalized spacial score (nSPS) is 27.2. The van der Waals surface area contributed by atoms with Gasteiger partial charge in [-0.3, -0.25) is 0 Å². The van der Waals surface area contributed by atoms with Gasteiger partial charge in [0, 0.05) is 42.0 Å². The Morgan fingerprint density at radius 3 is 2.55 bits per heavy atom. The van der Waals surface area contributed by atoms with E-state index in [0.717, 1.165) is 57.6 Å². The third-order valence-electron chi connectivity index (χ3n) is 10.2. The number of ether oxygens (including phenoxy) is 1. The average molecular weight is 634 g/mol. The number of nitrogen functional groups attached to an aromatic ring is 1. The van der Waals surface area contributed by atoms with E-state index < -0.39 is 28.8 Å². The Morgan fingerprint density at radius 2 is 1.82 bits per heavy atom. The van der Waals surface area contributed by atoms with Crippen LogP contribution in [0.1, 0.15) is 56.1 Å². The Hall–Kier alpha value is -2.96. The summed E-state index contributed by atoms with van der Waals surface area (Å²) >= 11 is 6.62. The first-order chi connectivity index (χ1) is 20.9. The highest BCUT2D eigenvalue weighted by Crippen LogP contribution is 2.48. The molecule has 1 saturated carbocycles. The van der Waals surface area contributed by atoms with Crippen molar-refractivity contribution in [2.24, 2.45) is 5.41 Å². The molecule has 3 aliphatic heterocycles. The fraction of sp³-hybridized carbons (Fsp3) is 0.581. The van der Waals surface area contributed by atoms with Gasteiger partial charge in [-0.2, -0.15) is 23.1 Å². The lowest BCUT2D eigenvalue weighted by Gasteiger charge is -2.44. The molecule has 5 heterocycles. The van der Waals surface area contributed by atoms with Crippen molar-refractivity contribution >= 4 is 34.1 Å². The Morgan fingerprint density at radius 1 is 1.09 bits per heavy atom. The predicted octanol–water partition coefficient (Wildman–Crippen LogP) is 5.98. The highest BCUT2D eigenvalue weighted by atomic mass is 35.5. The Kier molecular flexibility index (Phi) is 7.32. The van der Waals surface area contributed by atoms with Crippen molar-refractivity contribution in [1.82, 2.24) is 25.2 Å². The molecule has 2 aromatic heterocycles. The molecule has 44 heavy (non-hydrogen) atoms. The van der Waals surface area contributed by atoms with Gasteiger partial charge in [-0.05, 0) is 76.7 Å². The van der Waals surface area contributed by atoms with E-state index in [-0.39, 0.29) is 45.4 Å². The maximum Gasteiger partial charge on any atom is 0.418 e. The number of rotatable bonds is 5. The molecule has 236 valence electrons. The number of nitrogens with two attached hydrogens (primary N) is 1. The zero-order valence-electron chi connectivity index (χ0n) is 24.8. The summed E-state index contributed by atoms with van der Waals surface area (Å²) < 4.78 is 65.8. The summed E-state index contributed by atoms with van der Waals surface area (Å²) in [5, 5.41) is 3.67. The van der Waals surface area contributed by atoms with Gasteiger partial charge in [0.25, 0.3) is 0 Å². The van der Waals surface area contributed by atoms with Gasteiger partial charge in [0.2, 0.25) is 0 Å². The Balaban J connectivity index is 1.37. The molecule has 13 heteroatoms. The van der Waals surface area contributed by atoms with Gasteiger partial charge in [-0.15, -0.1) is 0 Å². The molecule has 3 N–H and O–H groups in total. The van der Waals surface area contributed by atoms with Gasteiger partial charge in [0.05, 0.1) is 28.5 Å². The second-order valence-electron chi connectivity index (χ2n) is 13.0. The first-order valence-electron chi connectivity index (χ1n) is 15.3. The zero-order chi connectivity index (χ0) is 31.0. The van der Waals surface area contributed by atoms with Crippen molar-refractivity contribution in [2.75, 3.05) is 43.9 Å². The number of aromatic nitrogens is 3. The minimum absolute atomic E-state index is 0.00608. The van der Waals surface area contributed by atoms with E-state index in [1.54, 1.807) is 0 Å². The number of piperidine rings is 1. The van der Waals surface area contributed by atoms with Crippen LogP contribution in [-0.2, 0) is 6.18 Å². The molecule has 0 amide bonds. The number of piperazine rings is 1. The zero-order valence-corrected chi connectivity index (χ0v) is 25.5. The molecule has 8 nitrogen and oxygen atoms in total. The van der Waals surface area contributed by atoms with Gasteiger partial charge in [-0.1, -0.05) is 18.0 Å². The third-order valence-corrected chi connectivity index (χ3v) is 10.5. The summed E-state index contributed by atoms with van der Waals surface area (Å²) in [5.74, 6) is -0.728. The summed E-state index contributed by atoms with van der Waals surface area (Å²) in [4.78, 5) is 17.7. The summed E-state index contributed by atoms with van der Waals surface area (Å²) in [6.45, 7) is 3.99. The van der Waals surface area contributed by atoms with Crippen LogP contribution < -0.4 is 20.7 Å². The topological polar surface area (TPSA) is 92.4 Å². The maximum absolute atomic E-state index is 16.7. The molecule has 0 radical (unpaired) electrons. The van der Waals surface area contributed by atoms with Crippen LogP contribution in [0.5, 0.6) is 6.01 Å². The van der Waals surface area contributed by atoms with Crippen LogP contribution in [0, 0.1) is 18.2 Å². The number of anilines is 2. The van der Waals surface area contributed by atoms with Gasteiger partial charge < -0.3 is 25.6 Å². The average Bonchev–Trinajstić information content (AvgIpc) is 3.54. The van der Waals surface area contributed by atoms with Crippen molar-refractivity contribution in [3.05, 3.63) is 34.1 Å². The van der Waals surface area contributed by atoms with Crippen LogP contribution in [0.2, 0.25) is 5.02 Å². The number of alkyl halides is 3. The van der Waals surface area contributed by atoms with Gasteiger partial charge in [0.15, 0.2) is 5.82 Å². The molecule has 4 fully saturated rings. The number of fused-ring (bicyclic) bond motifs is 4. The SMILES string of the molecule is Cc1cc(N)nc(-c2c(Cl)cc3c(N4CC5CCC(C4)N5)nc(OCC45CCCC4N(C)CCC5)nc3c2F)c1C(F)(F)F. The minimum atomic E-state index is -4.82. The second kappa shape index (κ2) is 10.8. The van der Waals surface area contributed by atoms with E-state index in [0.29, 0.717) is 36.9 Å². The molecule has 7 rings (SSSR count). The quantitative estimate of drug-likeness (QED) is 0.332. The molecule has 4 atom stereocenters. The second-order valence-corrected chi connectivity index (χ2v) is 13.5. The van der Waals surface area contributed by atoms with Gasteiger partial charge >= 0.3 is 12.2 Å². The van der Waals surface area contributed by atoms with E-state index in [2.05, 4.69) is 32.1 Å². The molecule has 2 bridgehead atoms. The number of benzene rings is 1. The first kappa shape index (κ1) is 29.7. The summed E-state index contributed by atoms with van der Waals surface area (Å²) in [6, 6.07) is 3.47. The fourth-order valence-electron chi connectivity index (χ4n) is 8.27. The molecular weight excluding hydrogens is 598 g/mol. The Labute approximate surface area is 258 Å². The number of nitrogens with zero attached hydrogens (tertiary/aromatic N) is 5. The van der Waals surface area contributed by atoms with Gasteiger partial charge in [0.1, 0.15) is 17.2 Å². The number of pyridine rings is 1. The largest absolute Gasteiger partial charge is 0.463 e. The highest BCUT2D eigenvalue weighted by Gasteiger charge is 2.47. The van der Waals surface area contributed by atoms with Crippen LogP contribution >= 0.6 is 11.6 Å². The van der Waals surface area contributed by atoms with Gasteiger partial charge in [-0.25, -0.2) is 9.37 Å². The lowest BCUT2D eigenvalue weighted by Crippen LogP contribution is -2.51. The molecule has 0 spiro atoms. The standard InChI is InChI=1S/C31H36ClF4N7O/c1-16-11-22(37)39-27(24(16)31(34,35)36)23-20(32)12-19-26(25(23)33)40-29(41-28(19)43-13-17-6-7-18(14-43)38-17)44-15-30-8-3-5-21(30)42(2)10-4-9-30/h11-12,17-18,21,38H,3-10,13-15H2,1-2H3,(H2,37,39). The van der Waals surface area contributed by atoms with Crippen LogP contribution in [-0.4, -0.2) is 71.3 Å². The number of hydrogen-bond acceptors (Lipinski definition) is 8. The molecule has 4 unspecified atom stereocenters. The maximum atomic E-state index is 16.7. The van der Waals surface area contributed by atoms with Crippen LogP contribution in [0.15, 0.2) is 12.1 Å². The predicted molar refractivity (Wildman–Crippen MR) is 161 cm³/mol. The summed E-state index contributed by atoms with van der Waals surface area (Å²) in [7, 11) is 2.15. The molecule has 4 aliphatic rings. The monoisotopic (exact) mass is 633 g/mol. The van der Waals surface area contributed by atoms with Crippen molar-refractivity contribution in [3.8, 4) is 17.3 Å². The van der Waals surface area contributed by atoms with Crippen LogP contribution in [0.3, 0.4) is 0 Å². The van der Waals surface area contributed by atoms with E-state index in [1.165, 1.54) is 13.0 Å². The summed E-state index contributed by atoms with van der Waals surface area (Å²) in [5.41, 5.74) is 3.21. The fourth-order valence-corrected chi connectivity index (χ4v) is 8.56.